The van der Waals surface area contributed by atoms with Crippen LogP contribution in [-0.2, 0) is 10.8 Å². The van der Waals surface area contributed by atoms with Crippen LogP contribution < -0.4 is 0 Å². The molecule has 3 heteroatoms. The number of hydrogen-bond acceptors (Lipinski definition) is 3. The Labute approximate surface area is 314 Å². The minimum absolute atomic E-state index is 0.132. The predicted octanol–water partition coefficient (Wildman–Crippen LogP) is 13.0. The predicted molar refractivity (Wildman–Crippen MR) is 221 cm³/mol. The van der Waals surface area contributed by atoms with Crippen molar-refractivity contribution in [2.24, 2.45) is 0 Å². The van der Waals surface area contributed by atoms with Crippen molar-refractivity contribution < 1.29 is 4.42 Å². The standard InChI is InChI=1S/C51H36N2O/c1-50(2)41-18-10-7-15-35(41)37-25-22-33(29-43(37)50)49-52-45(31-23-26-48-40(27-31)39-17-9-12-20-47(39)54-48)30-46(53-49)32-21-24-38-36-16-8-11-19-42(36)51(3,44(38)28-32)34-13-5-4-6-14-34/h4-30H,1-3H3. The van der Waals surface area contributed by atoms with Crippen molar-refractivity contribution in [1.29, 1.82) is 0 Å². The molecule has 1 atom stereocenters. The Morgan fingerprint density at radius 3 is 1.76 bits per heavy atom. The van der Waals surface area contributed by atoms with Gasteiger partial charge in [0.15, 0.2) is 5.82 Å². The number of para-hydroxylation sites is 1. The molecule has 2 heterocycles. The Hall–Kier alpha value is -6.58. The van der Waals surface area contributed by atoms with E-state index < -0.39 is 0 Å². The Kier molecular flexibility index (Phi) is 6.43. The second-order valence-electron chi connectivity index (χ2n) is 15.5. The molecule has 0 bridgehead atoms. The van der Waals surface area contributed by atoms with Gasteiger partial charge in [-0.1, -0.05) is 135 Å². The van der Waals surface area contributed by atoms with E-state index in [9.17, 15) is 0 Å². The second-order valence-corrected chi connectivity index (χ2v) is 15.5. The molecule has 9 aromatic rings. The summed E-state index contributed by atoms with van der Waals surface area (Å²) in [6.45, 7) is 7.00. The number of rotatable bonds is 4. The summed E-state index contributed by atoms with van der Waals surface area (Å²) in [7, 11) is 0. The smallest absolute Gasteiger partial charge is 0.160 e. The van der Waals surface area contributed by atoms with Crippen LogP contribution in [0, 0.1) is 0 Å². The Balaban J connectivity index is 1.12. The molecule has 0 aliphatic heterocycles. The van der Waals surface area contributed by atoms with Crippen molar-refractivity contribution in [3.05, 3.63) is 192 Å². The normalized spacial score (nSPS) is 16.3. The van der Waals surface area contributed by atoms with Crippen LogP contribution in [0.15, 0.2) is 168 Å². The van der Waals surface area contributed by atoms with Crippen molar-refractivity contribution in [3.8, 4) is 56.2 Å². The molecule has 0 spiro atoms. The van der Waals surface area contributed by atoms with Gasteiger partial charge in [-0.05, 0) is 99.5 Å². The highest BCUT2D eigenvalue weighted by Crippen LogP contribution is 2.53. The maximum Gasteiger partial charge on any atom is 0.160 e. The van der Waals surface area contributed by atoms with E-state index in [0.29, 0.717) is 5.82 Å². The molecule has 54 heavy (non-hydrogen) atoms. The Bertz CT molecular complexity index is 2990. The number of fused-ring (bicyclic) bond motifs is 9. The zero-order valence-electron chi connectivity index (χ0n) is 30.4. The van der Waals surface area contributed by atoms with Crippen LogP contribution in [-0.4, -0.2) is 9.97 Å². The van der Waals surface area contributed by atoms with E-state index in [0.717, 1.165) is 50.0 Å². The fourth-order valence-corrected chi connectivity index (χ4v) is 9.33. The zero-order chi connectivity index (χ0) is 36.2. The molecular weight excluding hydrogens is 657 g/mol. The van der Waals surface area contributed by atoms with Gasteiger partial charge in [0, 0.05) is 38.3 Å². The van der Waals surface area contributed by atoms with E-state index in [4.69, 9.17) is 14.4 Å². The SMILES string of the molecule is CC1(C)c2ccccc2-c2ccc(-c3nc(-c4ccc5c(c4)C(C)(c4ccccc4)c4ccccc4-5)cc(-c4ccc5oc6ccccc6c5c4)n3)cc21. The first-order valence-corrected chi connectivity index (χ1v) is 18.7. The highest BCUT2D eigenvalue weighted by Gasteiger charge is 2.41. The fourth-order valence-electron chi connectivity index (χ4n) is 9.33. The van der Waals surface area contributed by atoms with Gasteiger partial charge >= 0.3 is 0 Å². The molecule has 2 aromatic heterocycles. The third kappa shape index (κ3) is 4.36. The van der Waals surface area contributed by atoms with Crippen LogP contribution in [0.25, 0.3) is 78.1 Å². The quantitative estimate of drug-likeness (QED) is 0.184. The van der Waals surface area contributed by atoms with Crippen molar-refractivity contribution in [2.45, 2.75) is 31.6 Å². The zero-order valence-corrected chi connectivity index (χ0v) is 30.4. The van der Waals surface area contributed by atoms with Crippen LogP contribution in [0.1, 0.15) is 48.6 Å². The van der Waals surface area contributed by atoms with Gasteiger partial charge in [-0.3, -0.25) is 0 Å². The van der Waals surface area contributed by atoms with Crippen LogP contribution >= 0.6 is 0 Å². The van der Waals surface area contributed by atoms with Gasteiger partial charge in [-0.2, -0.15) is 0 Å². The van der Waals surface area contributed by atoms with E-state index in [1.807, 2.05) is 12.1 Å². The first-order chi connectivity index (χ1) is 26.4. The van der Waals surface area contributed by atoms with Crippen molar-refractivity contribution in [1.82, 2.24) is 9.97 Å². The Morgan fingerprint density at radius 1 is 0.407 bits per heavy atom. The molecule has 11 rings (SSSR count). The van der Waals surface area contributed by atoms with E-state index in [1.165, 1.54) is 50.1 Å². The summed E-state index contributed by atoms with van der Waals surface area (Å²) < 4.78 is 6.21. The van der Waals surface area contributed by atoms with Crippen LogP contribution in [0.3, 0.4) is 0 Å². The first kappa shape index (κ1) is 31.0. The summed E-state index contributed by atoms with van der Waals surface area (Å²) >= 11 is 0. The van der Waals surface area contributed by atoms with Crippen molar-refractivity contribution >= 4 is 21.9 Å². The van der Waals surface area contributed by atoms with Gasteiger partial charge in [-0.15, -0.1) is 0 Å². The lowest BCUT2D eigenvalue weighted by Gasteiger charge is -2.28. The van der Waals surface area contributed by atoms with Crippen molar-refractivity contribution in [2.75, 3.05) is 0 Å². The molecule has 0 saturated heterocycles. The maximum absolute atomic E-state index is 6.21. The minimum atomic E-state index is -0.310. The molecule has 1 unspecified atom stereocenters. The van der Waals surface area contributed by atoms with Crippen LogP contribution in [0.2, 0.25) is 0 Å². The van der Waals surface area contributed by atoms with E-state index >= 15 is 0 Å². The van der Waals surface area contributed by atoms with Gasteiger partial charge in [-0.25, -0.2) is 9.97 Å². The first-order valence-electron chi connectivity index (χ1n) is 18.7. The molecule has 2 aliphatic rings. The second kappa shape index (κ2) is 11.2. The number of hydrogen-bond donors (Lipinski definition) is 0. The maximum atomic E-state index is 6.21. The summed E-state index contributed by atoms with van der Waals surface area (Å²) in [5.74, 6) is 0.712. The fraction of sp³-hybridized carbons (Fsp3) is 0.0980. The highest BCUT2D eigenvalue weighted by atomic mass is 16.3. The number of nitrogens with zero attached hydrogens (tertiary/aromatic N) is 2. The summed E-state index contributed by atoms with van der Waals surface area (Å²) in [5.41, 5.74) is 17.9. The Morgan fingerprint density at radius 2 is 0.963 bits per heavy atom. The summed E-state index contributed by atoms with van der Waals surface area (Å²) in [4.78, 5) is 10.7. The lowest BCUT2D eigenvalue weighted by molar-refractivity contribution is 0.660. The van der Waals surface area contributed by atoms with Gasteiger partial charge in [0.05, 0.1) is 11.4 Å². The molecule has 7 aromatic carbocycles. The van der Waals surface area contributed by atoms with E-state index in [-0.39, 0.29) is 10.8 Å². The molecule has 0 saturated carbocycles. The van der Waals surface area contributed by atoms with E-state index in [2.05, 4.69) is 172 Å². The number of furan rings is 1. The van der Waals surface area contributed by atoms with Crippen LogP contribution in [0.4, 0.5) is 0 Å². The molecule has 0 fully saturated rings. The minimum Gasteiger partial charge on any atom is -0.456 e. The van der Waals surface area contributed by atoms with Crippen molar-refractivity contribution in [3.63, 3.8) is 0 Å². The summed E-state index contributed by atoms with van der Waals surface area (Å²) in [5, 5.41) is 2.18. The van der Waals surface area contributed by atoms with Gasteiger partial charge in [0.25, 0.3) is 0 Å². The average molecular weight is 693 g/mol. The molecule has 2 aliphatic carbocycles. The topological polar surface area (TPSA) is 38.9 Å². The molecule has 3 nitrogen and oxygen atoms in total. The van der Waals surface area contributed by atoms with E-state index in [1.54, 1.807) is 0 Å². The van der Waals surface area contributed by atoms with Crippen LogP contribution in [0.5, 0.6) is 0 Å². The third-order valence-electron chi connectivity index (χ3n) is 12.2. The summed E-state index contributed by atoms with van der Waals surface area (Å²) in [6, 6.07) is 59.0. The highest BCUT2D eigenvalue weighted by molar-refractivity contribution is 6.06. The number of aromatic nitrogens is 2. The molecule has 0 radical (unpaired) electrons. The molecule has 0 N–H and O–H groups in total. The lowest BCUT2D eigenvalue weighted by atomic mass is 9.74. The van der Waals surface area contributed by atoms with Gasteiger partial charge in [0.2, 0.25) is 0 Å². The van der Waals surface area contributed by atoms with Gasteiger partial charge < -0.3 is 4.42 Å². The molecule has 0 amide bonds. The average Bonchev–Trinajstić information content (AvgIpc) is 3.81. The third-order valence-corrected chi connectivity index (χ3v) is 12.2. The monoisotopic (exact) mass is 692 g/mol. The van der Waals surface area contributed by atoms with Gasteiger partial charge in [0.1, 0.15) is 11.2 Å². The lowest BCUT2D eigenvalue weighted by Crippen LogP contribution is -2.22. The molecular formula is C51H36N2O. The number of benzene rings is 7. The largest absolute Gasteiger partial charge is 0.456 e. The summed E-state index contributed by atoms with van der Waals surface area (Å²) in [6.07, 6.45) is 0. The molecule has 256 valence electrons.